The zero-order valence-corrected chi connectivity index (χ0v) is 10.2. The van der Waals surface area contributed by atoms with Crippen molar-refractivity contribution in [3.8, 4) is 5.69 Å². The molecule has 0 unspecified atom stereocenters. The minimum Gasteiger partial charge on any atom is -0.468 e. The number of nitrogens with one attached hydrogen (secondary N) is 1. The van der Waals surface area contributed by atoms with Crippen LogP contribution < -0.4 is 5.32 Å². The minimum absolute atomic E-state index is 0.220. The SMILES string of the molecule is COC(=O)CNCc1ccc(-n2cccn2)cc1. The highest BCUT2D eigenvalue weighted by molar-refractivity contribution is 5.71. The maximum Gasteiger partial charge on any atom is 0.319 e. The smallest absolute Gasteiger partial charge is 0.319 e. The number of methoxy groups -OCH3 is 1. The lowest BCUT2D eigenvalue weighted by Crippen LogP contribution is -2.23. The van der Waals surface area contributed by atoms with E-state index in [2.05, 4.69) is 15.2 Å². The Morgan fingerprint density at radius 2 is 2.17 bits per heavy atom. The van der Waals surface area contributed by atoms with Crippen molar-refractivity contribution >= 4 is 5.97 Å². The Morgan fingerprint density at radius 3 is 2.78 bits per heavy atom. The number of carbonyl (C=O) groups is 1. The van der Waals surface area contributed by atoms with Crippen LogP contribution in [0.5, 0.6) is 0 Å². The van der Waals surface area contributed by atoms with Crippen molar-refractivity contribution in [1.82, 2.24) is 15.1 Å². The lowest BCUT2D eigenvalue weighted by Gasteiger charge is -2.05. The molecule has 5 heteroatoms. The lowest BCUT2D eigenvalue weighted by molar-refractivity contribution is -0.139. The normalized spacial score (nSPS) is 10.3. The van der Waals surface area contributed by atoms with E-state index in [1.54, 1.807) is 10.9 Å². The second-order valence-electron chi connectivity index (χ2n) is 3.80. The van der Waals surface area contributed by atoms with Crippen LogP contribution in [0.1, 0.15) is 5.56 Å². The summed E-state index contributed by atoms with van der Waals surface area (Å²) in [5, 5.41) is 7.16. The van der Waals surface area contributed by atoms with Gasteiger partial charge in [-0.15, -0.1) is 0 Å². The Labute approximate surface area is 105 Å². The van der Waals surface area contributed by atoms with Gasteiger partial charge in [0.2, 0.25) is 0 Å². The van der Waals surface area contributed by atoms with E-state index in [9.17, 15) is 4.79 Å². The molecule has 1 heterocycles. The predicted octanol–water partition coefficient (Wildman–Crippen LogP) is 1.13. The van der Waals surface area contributed by atoms with E-state index >= 15 is 0 Å². The van der Waals surface area contributed by atoms with Gasteiger partial charge < -0.3 is 10.1 Å². The van der Waals surface area contributed by atoms with Gasteiger partial charge in [-0.05, 0) is 23.8 Å². The predicted molar refractivity (Wildman–Crippen MR) is 67.3 cm³/mol. The highest BCUT2D eigenvalue weighted by atomic mass is 16.5. The molecule has 0 atom stereocenters. The van der Waals surface area contributed by atoms with E-state index in [1.165, 1.54) is 7.11 Å². The molecule has 0 fully saturated rings. The Morgan fingerprint density at radius 1 is 1.39 bits per heavy atom. The second-order valence-corrected chi connectivity index (χ2v) is 3.80. The third-order valence-corrected chi connectivity index (χ3v) is 2.53. The molecule has 0 saturated heterocycles. The fraction of sp³-hybridized carbons (Fsp3) is 0.231. The van der Waals surface area contributed by atoms with Crippen LogP contribution in [-0.2, 0) is 16.1 Å². The maximum atomic E-state index is 10.9. The van der Waals surface area contributed by atoms with Crippen LogP contribution in [0, 0.1) is 0 Å². The van der Waals surface area contributed by atoms with Crippen molar-refractivity contribution in [1.29, 1.82) is 0 Å². The molecule has 0 saturated carbocycles. The number of hydrogen-bond donors (Lipinski definition) is 1. The molecule has 2 aromatic rings. The first-order valence-corrected chi connectivity index (χ1v) is 5.66. The molecule has 0 spiro atoms. The third kappa shape index (κ3) is 3.18. The Hall–Kier alpha value is -2.14. The van der Waals surface area contributed by atoms with Gasteiger partial charge in [0.25, 0.3) is 0 Å². The molecule has 5 nitrogen and oxygen atoms in total. The second kappa shape index (κ2) is 5.97. The fourth-order valence-corrected chi connectivity index (χ4v) is 1.57. The standard InChI is InChI=1S/C13H15N3O2/c1-18-13(17)10-14-9-11-3-5-12(6-4-11)16-8-2-7-15-16/h2-8,14H,9-10H2,1H3. The Bertz CT molecular complexity index is 491. The van der Waals surface area contributed by atoms with Crippen LogP contribution >= 0.6 is 0 Å². The molecule has 18 heavy (non-hydrogen) atoms. The number of hydrogen-bond acceptors (Lipinski definition) is 4. The van der Waals surface area contributed by atoms with Crippen LogP contribution in [0.15, 0.2) is 42.7 Å². The number of aromatic nitrogens is 2. The maximum absolute atomic E-state index is 10.9. The summed E-state index contributed by atoms with van der Waals surface area (Å²) in [6.45, 7) is 0.853. The summed E-state index contributed by atoms with van der Waals surface area (Å²) in [7, 11) is 1.38. The fourth-order valence-electron chi connectivity index (χ4n) is 1.57. The first-order valence-electron chi connectivity index (χ1n) is 5.66. The molecule has 1 N–H and O–H groups in total. The molecule has 0 aliphatic carbocycles. The molecular formula is C13H15N3O2. The average molecular weight is 245 g/mol. The summed E-state index contributed by atoms with van der Waals surface area (Å²) in [5.74, 6) is -0.261. The Kier molecular flexibility index (Phi) is 4.09. The quantitative estimate of drug-likeness (QED) is 0.802. The molecule has 0 radical (unpaired) electrons. The van der Waals surface area contributed by atoms with Crippen molar-refractivity contribution in [3.05, 3.63) is 48.3 Å². The highest BCUT2D eigenvalue weighted by Crippen LogP contribution is 2.08. The van der Waals surface area contributed by atoms with Crippen molar-refractivity contribution in [2.75, 3.05) is 13.7 Å². The first-order chi connectivity index (χ1) is 8.79. The zero-order valence-electron chi connectivity index (χ0n) is 10.2. The van der Waals surface area contributed by atoms with Crippen molar-refractivity contribution in [2.45, 2.75) is 6.54 Å². The van der Waals surface area contributed by atoms with E-state index in [-0.39, 0.29) is 12.5 Å². The summed E-state index contributed by atoms with van der Waals surface area (Å²) < 4.78 is 6.34. The number of nitrogens with zero attached hydrogens (tertiary/aromatic N) is 2. The summed E-state index contributed by atoms with van der Waals surface area (Å²) in [6, 6.07) is 9.86. The van der Waals surface area contributed by atoms with E-state index in [0.29, 0.717) is 6.54 Å². The van der Waals surface area contributed by atoms with Gasteiger partial charge in [0, 0.05) is 18.9 Å². The molecule has 2 rings (SSSR count). The molecule has 0 aliphatic heterocycles. The van der Waals surface area contributed by atoms with E-state index < -0.39 is 0 Å². The van der Waals surface area contributed by atoms with E-state index in [1.807, 2.05) is 36.5 Å². The van der Waals surface area contributed by atoms with Gasteiger partial charge in [-0.3, -0.25) is 4.79 Å². The lowest BCUT2D eigenvalue weighted by atomic mass is 10.2. The van der Waals surface area contributed by atoms with E-state index in [4.69, 9.17) is 0 Å². The molecule has 1 aromatic carbocycles. The molecule has 94 valence electrons. The van der Waals surface area contributed by atoms with E-state index in [0.717, 1.165) is 11.3 Å². The molecule has 0 amide bonds. The largest absolute Gasteiger partial charge is 0.468 e. The number of ether oxygens (including phenoxy) is 1. The van der Waals surface area contributed by atoms with Gasteiger partial charge >= 0.3 is 5.97 Å². The monoisotopic (exact) mass is 245 g/mol. The summed E-state index contributed by atoms with van der Waals surface area (Å²) >= 11 is 0. The summed E-state index contributed by atoms with van der Waals surface area (Å²) in [5.41, 5.74) is 2.12. The summed E-state index contributed by atoms with van der Waals surface area (Å²) in [4.78, 5) is 10.9. The van der Waals surface area contributed by atoms with Gasteiger partial charge in [0.1, 0.15) is 0 Å². The highest BCUT2D eigenvalue weighted by Gasteiger charge is 2.00. The third-order valence-electron chi connectivity index (χ3n) is 2.53. The van der Waals surface area contributed by atoms with Crippen molar-refractivity contribution in [2.24, 2.45) is 0 Å². The van der Waals surface area contributed by atoms with Crippen molar-refractivity contribution < 1.29 is 9.53 Å². The van der Waals surface area contributed by atoms with Crippen LogP contribution in [0.4, 0.5) is 0 Å². The molecule has 0 bridgehead atoms. The topological polar surface area (TPSA) is 56.1 Å². The molecule has 0 aliphatic rings. The first kappa shape index (κ1) is 12.3. The van der Waals surface area contributed by atoms with Gasteiger partial charge in [-0.25, -0.2) is 4.68 Å². The van der Waals surface area contributed by atoms with Crippen molar-refractivity contribution in [3.63, 3.8) is 0 Å². The average Bonchev–Trinajstić information content (AvgIpc) is 2.93. The van der Waals surface area contributed by atoms with Crippen LogP contribution in [-0.4, -0.2) is 29.4 Å². The van der Waals surface area contributed by atoms with Gasteiger partial charge in [0.15, 0.2) is 0 Å². The van der Waals surface area contributed by atoms with Gasteiger partial charge in [0.05, 0.1) is 19.3 Å². The Balaban J connectivity index is 1.90. The van der Waals surface area contributed by atoms with Crippen LogP contribution in [0.2, 0.25) is 0 Å². The number of esters is 1. The van der Waals surface area contributed by atoms with Gasteiger partial charge in [-0.1, -0.05) is 12.1 Å². The molecular weight excluding hydrogens is 230 g/mol. The number of carbonyl (C=O) groups excluding carboxylic acids is 1. The minimum atomic E-state index is -0.261. The van der Waals surface area contributed by atoms with Crippen LogP contribution in [0.3, 0.4) is 0 Å². The number of benzene rings is 1. The zero-order chi connectivity index (χ0) is 12.8. The summed E-state index contributed by atoms with van der Waals surface area (Å²) in [6.07, 6.45) is 3.64. The number of rotatable bonds is 5. The molecule has 1 aromatic heterocycles. The van der Waals surface area contributed by atoms with Gasteiger partial charge in [-0.2, -0.15) is 5.10 Å². The van der Waals surface area contributed by atoms with Crippen LogP contribution in [0.25, 0.3) is 5.69 Å².